The Kier molecular flexibility index (Phi) is 10.0. The molecule has 1 aromatic heterocycles. The van der Waals surface area contributed by atoms with Gasteiger partial charge in [0.1, 0.15) is 35.6 Å². The Balaban J connectivity index is 1.13. The van der Waals surface area contributed by atoms with E-state index in [-0.39, 0.29) is 60.6 Å². The lowest BCUT2D eigenvalue weighted by Gasteiger charge is -2.47. The Bertz CT molecular complexity index is 2250. The summed E-state index contributed by atoms with van der Waals surface area (Å²) in [5.41, 5.74) is 1.35. The van der Waals surface area contributed by atoms with Gasteiger partial charge in [-0.1, -0.05) is 49.2 Å². The number of para-hydroxylation sites is 1. The highest BCUT2D eigenvalue weighted by Gasteiger charge is 2.56. The molecule has 5 aromatic rings. The molecule has 2 aliphatic heterocycles. The van der Waals surface area contributed by atoms with Crippen molar-refractivity contribution in [2.24, 2.45) is 0 Å². The van der Waals surface area contributed by atoms with Gasteiger partial charge in [0.25, 0.3) is 5.91 Å². The predicted molar refractivity (Wildman–Crippen MR) is 200 cm³/mol. The fraction of sp³-hybridized carbons (Fsp3) is 0.381. The topological polar surface area (TPSA) is 191 Å². The van der Waals surface area contributed by atoms with E-state index < -0.39 is 42.6 Å². The van der Waals surface area contributed by atoms with Gasteiger partial charge in [-0.05, 0) is 59.5 Å². The number of carbonyl (C=O) groups excluding carboxylic acids is 2. The molecular formula is C42H44N2O11. The van der Waals surface area contributed by atoms with Gasteiger partial charge in [-0.3, -0.25) is 9.59 Å². The first-order valence-electron chi connectivity index (χ1n) is 18.5. The molecule has 3 aliphatic rings. The fourth-order valence-corrected chi connectivity index (χ4v) is 8.32. The lowest BCUT2D eigenvalue weighted by atomic mass is 9.86. The van der Waals surface area contributed by atoms with Gasteiger partial charge < -0.3 is 54.4 Å². The van der Waals surface area contributed by atoms with Crippen LogP contribution in [0, 0.1) is 0 Å². The molecule has 55 heavy (non-hydrogen) atoms. The number of nitrogens with one attached hydrogen (secondary N) is 1. The molecule has 3 heterocycles. The summed E-state index contributed by atoms with van der Waals surface area (Å²) in [4.78, 5) is 32.2. The molecule has 5 atom stereocenters. The van der Waals surface area contributed by atoms with Crippen LogP contribution in [0.1, 0.15) is 69.0 Å². The Morgan fingerprint density at radius 2 is 1.82 bits per heavy atom. The van der Waals surface area contributed by atoms with Crippen LogP contribution >= 0.6 is 0 Å². The fourth-order valence-electron chi connectivity index (χ4n) is 8.32. The van der Waals surface area contributed by atoms with Crippen molar-refractivity contribution in [3.63, 3.8) is 0 Å². The number of hydrogen-bond acceptors (Lipinski definition) is 11. The SMILES string of the molecule is COc1cc(OC2OC(COCc3c[nH]c4ccccc34)C(O)C(O)C2(O)CO)c2c(O)c(C(=O)CN3Cc4ccccc4C3=O)c(C3CCCC3)cc2c1. The number of ether oxygens (including phenoxy) is 4. The highest BCUT2D eigenvalue weighted by molar-refractivity contribution is 6.11. The van der Waals surface area contributed by atoms with Crippen LogP contribution in [0.3, 0.4) is 0 Å². The molecule has 13 heteroatoms. The van der Waals surface area contributed by atoms with E-state index in [4.69, 9.17) is 18.9 Å². The summed E-state index contributed by atoms with van der Waals surface area (Å²) in [7, 11) is 1.45. The lowest BCUT2D eigenvalue weighted by Crippen LogP contribution is -2.69. The molecule has 1 amide bonds. The number of ketones is 1. The van der Waals surface area contributed by atoms with E-state index >= 15 is 0 Å². The van der Waals surface area contributed by atoms with E-state index in [9.17, 15) is 35.1 Å². The molecule has 1 saturated carbocycles. The third-order valence-corrected chi connectivity index (χ3v) is 11.3. The number of aromatic amines is 1. The van der Waals surface area contributed by atoms with Crippen molar-refractivity contribution in [1.29, 1.82) is 0 Å². The van der Waals surface area contributed by atoms with Crippen LogP contribution in [0.15, 0.2) is 72.9 Å². The number of H-pyrrole nitrogens is 1. The predicted octanol–water partition coefficient (Wildman–Crippen LogP) is 4.30. The maximum Gasteiger partial charge on any atom is 0.254 e. The molecular weight excluding hydrogens is 708 g/mol. The minimum absolute atomic E-state index is 0.0147. The second-order valence-corrected chi connectivity index (χ2v) is 14.7. The number of Topliss-reactive ketones (excluding diaryl/α,β-unsaturated/α-hetero) is 1. The van der Waals surface area contributed by atoms with E-state index in [1.807, 2.05) is 48.7 Å². The first kappa shape index (κ1) is 36.9. The Morgan fingerprint density at radius 1 is 1.05 bits per heavy atom. The van der Waals surface area contributed by atoms with Gasteiger partial charge in [0.05, 0.1) is 44.4 Å². The van der Waals surface area contributed by atoms with Crippen LogP contribution in [0.5, 0.6) is 17.2 Å². The number of phenolic OH excluding ortho intramolecular Hbond substituents is 1. The van der Waals surface area contributed by atoms with Crippen LogP contribution in [0.25, 0.3) is 21.7 Å². The zero-order chi connectivity index (χ0) is 38.4. The summed E-state index contributed by atoms with van der Waals surface area (Å²) in [6.07, 6.45) is -1.24. The van der Waals surface area contributed by atoms with Crippen molar-refractivity contribution < 1.29 is 54.1 Å². The van der Waals surface area contributed by atoms with Crippen LogP contribution < -0.4 is 9.47 Å². The highest BCUT2D eigenvalue weighted by atomic mass is 16.7. The first-order chi connectivity index (χ1) is 26.6. The third kappa shape index (κ3) is 6.60. The normalized spacial score (nSPS) is 24.2. The van der Waals surface area contributed by atoms with Crippen molar-refractivity contribution >= 4 is 33.4 Å². The Morgan fingerprint density at radius 3 is 2.58 bits per heavy atom. The van der Waals surface area contributed by atoms with Crippen molar-refractivity contribution in [3.05, 3.63) is 101 Å². The monoisotopic (exact) mass is 752 g/mol. The molecule has 0 bridgehead atoms. The lowest BCUT2D eigenvalue weighted by molar-refractivity contribution is -0.329. The number of nitrogens with zero attached hydrogens (tertiary/aromatic N) is 1. The van der Waals surface area contributed by atoms with E-state index in [1.165, 1.54) is 18.1 Å². The number of carbonyl (C=O) groups is 2. The molecule has 4 aromatic carbocycles. The van der Waals surface area contributed by atoms with Gasteiger partial charge >= 0.3 is 0 Å². The number of rotatable bonds is 12. The van der Waals surface area contributed by atoms with Crippen LogP contribution in [-0.4, -0.2) is 104 Å². The molecule has 13 nitrogen and oxygen atoms in total. The van der Waals surface area contributed by atoms with E-state index in [1.54, 1.807) is 18.2 Å². The molecule has 0 radical (unpaired) electrons. The number of aromatic nitrogens is 1. The average molecular weight is 753 g/mol. The first-order valence-corrected chi connectivity index (χ1v) is 18.5. The smallest absolute Gasteiger partial charge is 0.254 e. The average Bonchev–Trinajstić information content (AvgIpc) is 3.95. The van der Waals surface area contributed by atoms with Gasteiger partial charge in [0.2, 0.25) is 6.29 Å². The number of benzene rings is 4. The van der Waals surface area contributed by atoms with Crippen LogP contribution in [0.4, 0.5) is 0 Å². The molecule has 6 N–H and O–H groups in total. The summed E-state index contributed by atoms with van der Waals surface area (Å²) >= 11 is 0. The second-order valence-electron chi connectivity index (χ2n) is 14.7. The molecule has 2 fully saturated rings. The van der Waals surface area contributed by atoms with Crippen molar-refractivity contribution in [1.82, 2.24) is 9.88 Å². The van der Waals surface area contributed by atoms with E-state index in [0.717, 1.165) is 47.7 Å². The largest absolute Gasteiger partial charge is 0.506 e. The summed E-state index contributed by atoms with van der Waals surface area (Å²) in [5, 5.41) is 57.8. The van der Waals surface area contributed by atoms with Crippen molar-refractivity contribution in [3.8, 4) is 17.2 Å². The summed E-state index contributed by atoms with van der Waals surface area (Å²) in [5.74, 6) is -0.869. The van der Waals surface area contributed by atoms with Gasteiger partial charge in [0, 0.05) is 40.8 Å². The second kappa shape index (κ2) is 14.9. The molecule has 1 saturated heterocycles. The molecule has 5 unspecified atom stereocenters. The minimum atomic E-state index is -2.52. The molecule has 0 spiro atoms. The summed E-state index contributed by atoms with van der Waals surface area (Å²) in [6, 6.07) is 19.8. The van der Waals surface area contributed by atoms with E-state index in [0.29, 0.717) is 22.3 Å². The number of phenols is 1. The minimum Gasteiger partial charge on any atom is -0.506 e. The van der Waals surface area contributed by atoms with E-state index in [2.05, 4.69) is 4.98 Å². The zero-order valence-electron chi connectivity index (χ0n) is 30.3. The van der Waals surface area contributed by atoms with Crippen molar-refractivity contribution in [2.75, 3.05) is 26.9 Å². The maximum atomic E-state index is 14.3. The van der Waals surface area contributed by atoms with Crippen molar-refractivity contribution in [2.45, 2.75) is 75.0 Å². The Labute approximate surface area is 316 Å². The number of fused-ring (bicyclic) bond motifs is 3. The van der Waals surface area contributed by atoms with Crippen LogP contribution in [0.2, 0.25) is 0 Å². The number of aliphatic hydroxyl groups is 4. The van der Waals surface area contributed by atoms with Gasteiger partial charge in [-0.15, -0.1) is 0 Å². The number of amides is 1. The van der Waals surface area contributed by atoms with Crippen LogP contribution in [-0.2, 0) is 22.6 Å². The Hall–Kier alpha value is -5.02. The number of methoxy groups -OCH3 is 1. The number of aromatic hydroxyl groups is 1. The number of aliphatic hydroxyl groups excluding tert-OH is 3. The van der Waals surface area contributed by atoms with Gasteiger partial charge in [0.15, 0.2) is 11.4 Å². The quantitative estimate of drug-likeness (QED) is 0.0997. The molecule has 1 aliphatic carbocycles. The standard InChI is InChI=1S/C42H44N2O11/c1-52-27-14-25-15-30(23-8-2-3-9-23)36(32(46)19-44-18-24-10-4-5-12-29(24)40(44)50)38(48)35(25)33(16-27)54-41-42(51,22-45)39(49)37(47)34(55-41)21-53-20-26-17-43-31-13-7-6-11-28(26)31/h4-7,10-17,23,34,37,39,41,43,45,47-49,51H,2-3,8-9,18-22H2,1H3. The molecule has 8 rings (SSSR count). The van der Waals surface area contributed by atoms with Gasteiger partial charge in [-0.2, -0.15) is 0 Å². The zero-order valence-corrected chi connectivity index (χ0v) is 30.3. The van der Waals surface area contributed by atoms with Gasteiger partial charge in [-0.25, -0.2) is 0 Å². The maximum absolute atomic E-state index is 14.3. The summed E-state index contributed by atoms with van der Waals surface area (Å²) in [6.45, 7) is -1.13. The summed E-state index contributed by atoms with van der Waals surface area (Å²) < 4.78 is 23.8. The highest BCUT2D eigenvalue weighted by Crippen LogP contribution is 2.47. The third-order valence-electron chi connectivity index (χ3n) is 11.3. The number of hydrogen-bond donors (Lipinski definition) is 6. The molecule has 288 valence electrons.